The first-order chi connectivity index (χ1) is 10.8. The Morgan fingerprint density at radius 1 is 1.13 bits per heavy atom. The number of ether oxygens (including phenoxy) is 2. The van der Waals surface area contributed by atoms with Crippen molar-refractivity contribution < 1.29 is 14.3 Å². The van der Waals surface area contributed by atoms with Crippen LogP contribution in [0.5, 0.6) is 0 Å². The Bertz CT molecular complexity index is 385. The predicted octanol–water partition coefficient (Wildman–Crippen LogP) is 5.26. The van der Waals surface area contributed by atoms with Gasteiger partial charge in [0.25, 0.3) is 0 Å². The lowest BCUT2D eigenvalue weighted by atomic mass is 10.0. The van der Waals surface area contributed by atoms with Crippen LogP contribution in [-0.4, -0.2) is 33.4 Å². The van der Waals surface area contributed by atoms with E-state index in [2.05, 4.69) is 47.2 Å². The summed E-state index contributed by atoms with van der Waals surface area (Å²) in [5, 5.41) is 0. The lowest BCUT2D eigenvalue weighted by Crippen LogP contribution is -2.44. The smallest absolute Gasteiger partial charge is 0.335 e. The number of carbonyl (C=O) groups excluding carboxylic acids is 1. The van der Waals surface area contributed by atoms with E-state index >= 15 is 0 Å². The van der Waals surface area contributed by atoms with Crippen LogP contribution in [0.1, 0.15) is 67.7 Å². The van der Waals surface area contributed by atoms with E-state index < -0.39 is 8.07 Å². The maximum Gasteiger partial charge on any atom is 0.335 e. The van der Waals surface area contributed by atoms with Gasteiger partial charge in [-0.05, 0) is 42.8 Å². The van der Waals surface area contributed by atoms with Crippen LogP contribution < -0.4 is 0 Å². The zero-order valence-corrected chi connectivity index (χ0v) is 17.1. The van der Waals surface area contributed by atoms with Crippen molar-refractivity contribution in [2.24, 2.45) is 0 Å². The summed E-state index contributed by atoms with van der Waals surface area (Å²) in [6.45, 7) is 16.9. The number of hydrogen-bond acceptors (Lipinski definition) is 3. The molecule has 0 radical (unpaired) electrons. The number of esters is 1. The summed E-state index contributed by atoms with van der Waals surface area (Å²) in [4.78, 5) is 12.6. The summed E-state index contributed by atoms with van der Waals surface area (Å²) in [5.74, 6) is -0.168. The highest BCUT2D eigenvalue weighted by atomic mass is 28.3. The minimum absolute atomic E-state index is 0.0778. The van der Waals surface area contributed by atoms with E-state index in [0.717, 1.165) is 31.4 Å². The second-order valence-corrected chi connectivity index (χ2v) is 13.4. The van der Waals surface area contributed by atoms with E-state index in [1.165, 1.54) is 0 Å². The summed E-state index contributed by atoms with van der Waals surface area (Å²) in [6, 6.07) is 0. The van der Waals surface area contributed by atoms with Gasteiger partial charge in [0.15, 0.2) is 0 Å². The summed E-state index contributed by atoms with van der Waals surface area (Å²) < 4.78 is 11.3. The molecule has 0 aliphatic carbocycles. The Hall–Kier alpha value is -0.613. The third kappa shape index (κ3) is 4.69. The molecule has 1 atom stereocenters. The van der Waals surface area contributed by atoms with Crippen molar-refractivity contribution in [3.8, 4) is 0 Å². The molecule has 1 heterocycles. The molecular weight excluding hydrogens is 304 g/mol. The maximum atomic E-state index is 12.6. The second-order valence-electron chi connectivity index (χ2n) is 7.64. The Kier molecular flexibility index (Phi) is 8.02. The van der Waals surface area contributed by atoms with Crippen molar-refractivity contribution in [1.29, 1.82) is 0 Å². The van der Waals surface area contributed by atoms with Gasteiger partial charge < -0.3 is 9.47 Å². The van der Waals surface area contributed by atoms with Crippen molar-refractivity contribution in [2.75, 3.05) is 13.2 Å². The van der Waals surface area contributed by atoms with E-state index in [-0.39, 0.29) is 12.1 Å². The van der Waals surface area contributed by atoms with Gasteiger partial charge in [0.05, 0.1) is 26.4 Å². The fourth-order valence-corrected chi connectivity index (χ4v) is 10.1. The van der Waals surface area contributed by atoms with Crippen LogP contribution in [0.25, 0.3) is 0 Å². The van der Waals surface area contributed by atoms with Crippen molar-refractivity contribution >= 4 is 14.0 Å². The molecule has 0 aromatic heterocycles. The van der Waals surface area contributed by atoms with Gasteiger partial charge in [-0.15, -0.1) is 0 Å². The maximum absolute atomic E-state index is 12.6. The highest BCUT2D eigenvalue weighted by Gasteiger charge is 2.42. The average molecular weight is 341 g/mol. The van der Waals surface area contributed by atoms with Gasteiger partial charge >= 0.3 is 5.97 Å². The summed E-state index contributed by atoms with van der Waals surface area (Å²) in [6.07, 6.45) is 3.07. The predicted molar refractivity (Wildman–Crippen MR) is 99.4 cm³/mol. The molecule has 0 amide bonds. The molecule has 0 spiro atoms. The number of hydrogen-bond donors (Lipinski definition) is 0. The number of rotatable bonds is 7. The Morgan fingerprint density at radius 3 is 2.09 bits per heavy atom. The molecule has 1 aliphatic heterocycles. The fraction of sp³-hybridized carbons (Fsp3) is 0.842. The van der Waals surface area contributed by atoms with Gasteiger partial charge in [-0.3, -0.25) is 0 Å². The normalized spacial score (nSPS) is 20.4. The molecule has 4 heteroatoms. The van der Waals surface area contributed by atoms with Crippen LogP contribution in [-0.2, 0) is 14.3 Å². The third-order valence-corrected chi connectivity index (χ3v) is 12.3. The van der Waals surface area contributed by atoms with Crippen molar-refractivity contribution in [1.82, 2.24) is 0 Å². The monoisotopic (exact) mass is 340 g/mol. The molecule has 0 aromatic rings. The minimum Gasteiger partial charge on any atom is -0.463 e. The largest absolute Gasteiger partial charge is 0.463 e. The van der Waals surface area contributed by atoms with Gasteiger partial charge in [0, 0.05) is 6.61 Å². The molecule has 0 saturated carbocycles. The summed E-state index contributed by atoms with van der Waals surface area (Å²) in [5.41, 5.74) is 4.89. The molecule has 0 aromatic carbocycles. The van der Waals surface area contributed by atoms with E-state index in [1.54, 1.807) is 0 Å². The van der Waals surface area contributed by atoms with Gasteiger partial charge in [0.2, 0.25) is 0 Å². The highest BCUT2D eigenvalue weighted by Crippen LogP contribution is 2.43. The van der Waals surface area contributed by atoms with Gasteiger partial charge in [-0.25, -0.2) is 4.79 Å². The van der Waals surface area contributed by atoms with E-state index in [1.807, 2.05) is 6.92 Å². The molecule has 1 unspecified atom stereocenters. The zero-order valence-electron chi connectivity index (χ0n) is 16.1. The average Bonchev–Trinajstić information content (AvgIpc) is 2.48. The molecule has 1 saturated heterocycles. The first kappa shape index (κ1) is 20.4. The molecule has 1 aliphatic rings. The molecule has 3 nitrogen and oxygen atoms in total. The van der Waals surface area contributed by atoms with E-state index in [4.69, 9.17) is 9.47 Å². The topological polar surface area (TPSA) is 35.5 Å². The van der Waals surface area contributed by atoms with Crippen LogP contribution in [0.15, 0.2) is 11.3 Å². The van der Waals surface area contributed by atoms with Gasteiger partial charge in [-0.2, -0.15) is 0 Å². The van der Waals surface area contributed by atoms with Crippen molar-refractivity contribution in [2.45, 2.75) is 90.5 Å². The van der Waals surface area contributed by atoms with Crippen LogP contribution in [0.2, 0.25) is 16.6 Å². The lowest BCUT2D eigenvalue weighted by molar-refractivity contribution is -0.140. The standard InChI is InChI=1S/C19H36O3Si/c1-8-21-19(20)17(18-11-9-10-12-22-18)13-23(14(2)3,15(4)5)16(6)7/h13-16,18H,8-12H2,1-7H3/b17-13-. The van der Waals surface area contributed by atoms with Crippen molar-refractivity contribution in [3.63, 3.8) is 0 Å². The zero-order chi connectivity index (χ0) is 17.6. The minimum atomic E-state index is -1.81. The molecular formula is C19H36O3Si. The molecule has 0 N–H and O–H groups in total. The SMILES string of the molecule is CCOC(=O)/C(=C\[Si](C(C)C)(C(C)C)C(C)C)C1CCCCO1. The molecule has 23 heavy (non-hydrogen) atoms. The third-order valence-electron chi connectivity index (χ3n) is 5.44. The molecule has 134 valence electrons. The quantitative estimate of drug-likeness (QED) is 0.360. The highest BCUT2D eigenvalue weighted by molar-refractivity contribution is 6.88. The van der Waals surface area contributed by atoms with E-state index in [0.29, 0.717) is 23.2 Å². The summed E-state index contributed by atoms with van der Waals surface area (Å²) in [7, 11) is -1.81. The first-order valence-electron chi connectivity index (χ1n) is 9.28. The van der Waals surface area contributed by atoms with E-state index in [9.17, 15) is 4.79 Å². The van der Waals surface area contributed by atoms with Gasteiger partial charge in [0.1, 0.15) is 0 Å². The first-order valence-corrected chi connectivity index (χ1v) is 11.6. The van der Waals surface area contributed by atoms with Crippen LogP contribution in [0.3, 0.4) is 0 Å². The Balaban J connectivity index is 3.33. The Labute approximate surface area is 143 Å². The lowest BCUT2D eigenvalue weighted by Gasteiger charge is -2.42. The van der Waals surface area contributed by atoms with Crippen LogP contribution in [0, 0.1) is 0 Å². The van der Waals surface area contributed by atoms with Crippen LogP contribution in [0.4, 0.5) is 0 Å². The Morgan fingerprint density at radius 2 is 1.70 bits per heavy atom. The fourth-order valence-electron chi connectivity index (χ4n) is 4.25. The summed E-state index contributed by atoms with van der Waals surface area (Å²) >= 11 is 0. The molecule has 0 bridgehead atoms. The van der Waals surface area contributed by atoms with Crippen LogP contribution >= 0.6 is 0 Å². The molecule has 1 fully saturated rings. The second kappa shape index (κ2) is 9.02. The number of carbonyl (C=O) groups is 1. The molecule has 1 rings (SSSR count). The van der Waals surface area contributed by atoms with Gasteiger partial charge in [-0.1, -0.05) is 47.2 Å². The van der Waals surface area contributed by atoms with Crippen molar-refractivity contribution in [3.05, 3.63) is 11.3 Å².